The maximum atomic E-state index is 13.2. The molecule has 0 fully saturated rings. The van der Waals surface area contributed by atoms with Gasteiger partial charge in [-0.15, -0.1) is 0 Å². The van der Waals surface area contributed by atoms with Crippen LogP contribution in [0.3, 0.4) is 0 Å². The van der Waals surface area contributed by atoms with Crippen molar-refractivity contribution in [3.05, 3.63) is 59.2 Å². The van der Waals surface area contributed by atoms with E-state index in [0.717, 1.165) is 16.7 Å². The van der Waals surface area contributed by atoms with Gasteiger partial charge in [-0.3, -0.25) is 9.10 Å². The molecule has 1 amide bonds. The number of amides is 1. The molecule has 0 spiro atoms. The molecule has 5 nitrogen and oxygen atoms in total. The zero-order chi connectivity index (χ0) is 18.6. The molecule has 0 aliphatic heterocycles. The van der Waals surface area contributed by atoms with Crippen molar-refractivity contribution in [2.45, 2.75) is 32.6 Å². The lowest BCUT2D eigenvalue weighted by Gasteiger charge is -2.26. The van der Waals surface area contributed by atoms with Crippen molar-refractivity contribution in [2.24, 2.45) is 0 Å². The maximum absolute atomic E-state index is 13.2. The molecule has 0 bridgehead atoms. The Balaban J connectivity index is 2.55. The molecule has 0 radical (unpaired) electrons. The number of rotatable bonds is 6. The first kappa shape index (κ1) is 19.0. The van der Waals surface area contributed by atoms with Gasteiger partial charge in [0, 0.05) is 6.54 Å². The van der Waals surface area contributed by atoms with E-state index in [2.05, 4.69) is 5.32 Å². The van der Waals surface area contributed by atoms with Crippen molar-refractivity contribution in [1.82, 2.24) is 5.32 Å². The average Bonchev–Trinajstić information content (AvgIpc) is 2.55. The Kier molecular flexibility index (Phi) is 5.85. The fourth-order valence-corrected chi connectivity index (χ4v) is 3.99. The summed E-state index contributed by atoms with van der Waals surface area (Å²) >= 11 is 0. The van der Waals surface area contributed by atoms with Gasteiger partial charge in [0.2, 0.25) is 5.91 Å². The van der Waals surface area contributed by atoms with E-state index in [1.807, 2.05) is 32.9 Å². The molecule has 0 unspecified atom stereocenters. The molecule has 6 heteroatoms. The lowest BCUT2D eigenvalue weighted by atomic mass is 10.1. The highest BCUT2D eigenvalue weighted by molar-refractivity contribution is 7.92. The van der Waals surface area contributed by atoms with Crippen LogP contribution in [0.15, 0.2) is 47.4 Å². The van der Waals surface area contributed by atoms with Crippen molar-refractivity contribution < 1.29 is 13.2 Å². The second kappa shape index (κ2) is 7.70. The van der Waals surface area contributed by atoms with Crippen LogP contribution >= 0.6 is 0 Å². The Morgan fingerprint density at radius 3 is 2.20 bits per heavy atom. The van der Waals surface area contributed by atoms with Crippen LogP contribution < -0.4 is 9.62 Å². The van der Waals surface area contributed by atoms with Crippen LogP contribution in [0.4, 0.5) is 5.69 Å². The molecule has 0 aromatic heterocycles. The fourth-order valence-electron chi connectivity index (χ4n) is 2.51. The van der Waals surface area contributed by atoms with E-state index < -0.39 is 10.0 Å². The highest BCUT2D eigenvalue weighted by Gasteiger charge is 2.28. The van der Waals surface area contributed by atoms with Gasteiger partial charge in [0.05, 0.1) is 10.6 Å². The Bertz CT molecular complexity index is 859. The smallest absolute Gasteiger partial charge is 0.264 e. The Labute approximate surface area is 149 Å². The average molecular weight is 360 g/mol. The summed E-state index contributed by atoms with van der Waals surface area (Å²) in [5.74, 6) is -0.334. The third kappa shape index (κ3) is 4.39. The number of likely N-dealkylation sites (N-methyl/N-ethyl adjacent to an activating group) is 1. The van der Waals surface area contributed by atoms with Crippen molar-refractivity contribution >= 4 is 21.6 Å². The third-order valence-corrected chi connectivity index (χ3v) is 5.68. The molecule has 0 aliphatic carbocycles. The van der Waals surface area contributed by atoms with Crippen molar-refractivity contribution in [2.75, 3.05) is 17.4 Å². The summed E-state index contributed by atoms with van der Waals surface area (Å²) in [6, 6.07) is 12.2. The molecule has 1 N–H and O–H groups in total. The fraction of sp³-hybridized carbons (Fsp3) is 0.316. The Morgan fingerprint density at radius 1 is 1.00 bits per heavy atom. The summed E-state index contributed by atoms with van der Waals surface area (Å²) in [5.41, 5.74) is 3.22. The second-order valence-electron chi connectivity index (χ2n) is 6.07. The van der Waals surface area contributed by atoms with E-state index in [-0.39, 0.29) is 17.3 Å². The van der Waals surface area contributed by atoms with Crippen LogP contribution in [0.5, 0.6) is 0 Å². The minimum Gasteiger partial charge on any atom is -0.355 e. The molecule has 2 aromatic carbocycles. The highest BCUT2D eigenvalue weighted by atomic mass is 32.2. The number of nitrogens with zero attached hydrogens (tertiary/aromatic N) is 1. The predicted molar refractivity (Wildman–Crippen MR) is 100 cm³/mol. The normalized spacial score (nSPS) is 11.2. The van der Waals surface area contributed by atoms with Gasteiger partial charge >= 0.3 is 0 Å². The topological polar surface area (TPSA) is 66.5 Å². The van der Waals surface area contributed by atoms with Gasteiger partial charge in [-0.2, -0.15) is 0 Å². The van der Waals surface area contributed by atoms with Gasteiger partial charge in [0.15, 0.2) is 0 Å². The van der Waals surface area contributed by atoms with Crippen LogP contribution in [-0.2, 0) is 14.8 Å². The minimum absolute atomic E-state index is 0.170. The van der Waals surface area contributed by atoms with E-state index in [1.165, 1.54) is 4.31 Å². The van der Waals surface area contributed by atoms with Gasteiger partial charge < -0.3 is 5.32 Å². The largest absolute Gasteiger partial charge is 0.355 e. The van der Waals surface area contributed by atoms with Crippen LogP contribution in [0.25, 0.3) is 0 Å². The molecule has 134 valence electrons. The van der Waals surface area contributed by atoms with Gasteiger partial charge in [0.25, 0.3) is 10.0 Å². The summed E-state index contributed by atoms with van der Waals surface area (Å²) in [6.07, 6.45) is 0. The molecule has 0 aliphatic rings. The molecule has 0 saturated heterocycles. The quantitative estimate of drug-likeness (QED) is 0.861. The first-order valence-corrected chi connectivity index (χ1v) is 9.63. The van der Waals surface area contributed by atoms with Crippen molar-refractivity contribution in [3.8, 4) is 0 Å². The van der Waals surface area contributed by atoms with Gasteiger partial charge in [0.1, 0.15) is 6.54 Å². The number of sulfonamides is 1. The van der Waals surface area contributed by atoms with E-state index in [4.69, 9.17) is 0 Å². The van der Waals surface area contributed by atoms with E-state index >= 15 is 0 Å². The van der Waals surface area contributed by atoms with Crippen molar-refractivity contribution in [3.63, 3.8) is 0 Å². The molecular weight excluding hydrogens is 336 g/mol. The van der Waals surface area contributed by atoms with Gasteiger partial charge in [-0.05, 0) is 57.0 Å². The first-order chi connectivity index (χ1) is 11.8. The number of nitrogens with one attached hydrogen (secondary N) is 1. The zero-order valence-corrected chi connectivity index (χ0v) is 15.9. The van der Waals surface area contributed by atoms with E-state index in [9.17, 15) is 13.2 Å². The number of carbonyl (C=O) groups is 1. The molecule has 0 heterocycles. The highest BCUT2D eigenvalue weighted by Crippen LogP contribution is 2.27. The predicted octanol–water partition coefficient (Wildman–Crippen LogP) is 2.94. The number of aryl methyl sites for hydroxylation is 3. The number of anilines is 1. The number of carbonyl (C=O) groups excluding carboxylic acids is 1. The van der Waals surface area contributed by atoms with Crippen LogP contribution in [0.1, 0.15) is 23.6 Å². The number of hydrogen-bond acceptors (Lipinski definition) is 3. The molecule has 2 aromatic rings. The third-order valence-electron chi connectivity index (χ3n) is 3.90. The minimum atomic E-state index is -3.85. The zero-order valence-electron chi connectivity index (χ0n) is 15.0. The standard InChI is InChI=1S/C19H24N2O3S/c1-5-20-19(22)13-21(18-12-15(3)6-9-16(18)4)25(23,24)17-10-7-14(2)8-11-17/h6-12H,5,13H2,1-4H3,(H,20,22). The number of hydrogen-bond donors (Lipinski definition) is 1. The van der Waals surface area contributed by atoms with Crippen LogP contribution in [0.2, 0.25) is 0 Å². The lowest BCUT2D eigenvalue weighted by Crippen LogP contribution is -2.41. The van der Waals surface area contributed by atoms with Gasteiger partial charge in [-0.25, -0.2) is 8.42 Å². The monoisotopic (exact) mass is 360 g/mol. The van der Waals surface area contributed by atoms with Crippen LogP contribution in [0, 0.1) is 20.8 Å². The summed E-state index contributed by atoms with van der Waals surface area (Å²) in [6.45, 7) is 7.62. The second-order valence-corrected chi connectivity index (χ2v) is 7.93. The maximum Gasteiger partial charge on any atom is 0.264 e. The summed E-state index contributed by atoms with van der Waals surface area (Å²) < 4.78 is 27.6. The summed E-state index contributed by atoms with van der Waals surface area (Å²) in [5, 5.41) is 2.67. The Morgan fingerprint density at radius 2 is 1.60 bits per heavy atom. The van der Waals surface area contributed by atoms with Crippen molar-refractivity contribution in [1.29, 1.82) is 0 Å². The number of benzene rings is 2. The molecular formula is C19H24N2O3S. The summed E-state index contributed by atoms with van der Waals surface area (Å²) in [7, 11) is -3.85. The molecule has 2 rings (SSSR count). The molecule has 25 heavy (non-hydrogen) atoms. The van der Waals surface area contributed by atoms with Gasteiger partial charge in [-0.1, -0.05) is 29.8 Å². The van der Waals surface area contributed by atoms with Crippen LogP contribution in [-0.4, -0.2) is 27.4 Å². The Hall–Kier alpha value is -2.34. The SMILES string of the molecule is CCNC(=O)CN(c1cc(C)ccc1C)S(=O)(=O)c1ccc(C)cc1. The summed E-state index contributed by atoms with van der Waals surface area (Å²) in [4.78, 5) is 12.3. The van der Waals surface area contributed by atoms with E-state index in [0.29, 0.717) is 12.2 Å². The molecule has 0 atom stereocenters. The van der Waals surface area contributed by atoms with E-state index in [1.54, 1.807) is 37.3 Å². The first-order valence-electron chi connectivity index (χ1n) is 8.19. The molecule has 0 saturated carbocycles. The lowest BCUT2D eigenvalue weighted by molar-refractivity contribution is -0.119.